The lowest BCUT2D eigenvalue weighted by Crippen LogP contribution is -2.24. The van der Waals surface area contributed by atoms with E-state index in [0.717, 1.165) is 0 Å². The van der Waals surface area contributed by atoms with Gasteiger partial charge in [-0.05, 0) is 31.2 Å². The third-order valence-electron chi connectivity index (χ3n) is 2.62. The van der Waals surface area contributed by atoms with E-state index in [0.29, 0.717) is 10.8 Å². The van der Waals surface area contributed by atoms with Crippen LogP contribution in [0.15, 0.2) is 35.8 Å². The Balaban J connectivity index is 1.75. The van der Waals surface area contributed by atoms with Crippen molar-refractivity contribution in [3.63, 3.8) is 0 Å². The van der Waals surface area contributed by atoms with Crippen molar-refractivity contribution in [2.75, 3.05) is 16.4 Å². The fourth-order valence-corrected chi connectivity index (χ4v) is 2.71. The summed E-state index contributed by atoms with van der Waals surface area (Å²) in [5.41, 5.74) is 0.520. The van der Waals surface area contributed by atoms with Gasteiger partial charge in [-0.2, -0.15) is 0 Å². The molecule has 0 fully saturated rings. The van der Waals surface area contributed by atoms with E-state index < -0.39 is 0 Å². The van der Waals surface area contributed by atoms with E-state index in [2.05, 4.69) is 15.6 Å². The van der Waals surface area contributed by atoms with Gasteiger partial charge in [-0.15, -0.1) is 23.1 Å². The van der Waals surface area contributed by atoms with Gasteiger partial charge in [0.25, 0.3) is 0 Å². The van der Waals surface area contributed by atoms with Crippen LogP contribution >= 0.6 is 23.1 Å². The maximum Gasteiger partial charge on any atom is 0.239 e. The first kappa shape index (κ1) is 16.4. The molecule has 0 saturated carbocycles. The molecule has 1 heterocycles. The molecule has 0 aliphatic carbocycles. The molecule has 0 bridgehead atoms. The van der Waals surface area contributed by atoms with E-state index in [9.17, 15) is 14.0 Å². The molecule has 0 radical (unpaired) electrons. The molecule has 1 aromatic heterocycles. The van der Waals surface area contributed by atoms with Gasteiger partial charge >= 0.3 is 0 Å². The van der Waals surface area contributed by atoms with Crippen LogP contribution in [0, 0.1) is 5.82 Å². The maximum absolute atomic E-state index is 12.8. The Bertz CT molecular complexity index is 632. The molecule has 5 nitrogen and oxygen atoms in total. The third-order valence-corrected chi connectivity index (χ3v) is 4.46. The fraction of sp³-hybridized carbons (Fsp3) is 0.214. The average Bonchev–Trinajstić information content (AvgIpc) is 3.00. The summed E-state index contributed by atoms with van der Waals surface area (Å²) in [6.07, 6.45) is 1.61. The molecule has 0 unspecified atom stereocenters. The van der Waals surface area contributed by atoms with Crippen LogP contribution in [0.3, 0.4) is 0 Å². The largest absolute Gasteiger partial charge is 0.325 e. The standard InChI is InChI=1S/C14H14FN3O2S2/c1-9(13(20)18-14-16-6-7-21-14)22-8-12(19)17-11-4-2-10(15)3-5-11/h2-7,9H,8H2,1H3,(H,17,19)(H,16,18,20)/t9-/m1/s1. The number of carbonyl (C=O) groups excluding carboxylic acids is 2. The molecule has 0 aliphatic heterocycles. The Kier molecular flexibility index (Phi) is 5.91. The molecular weight excluding hydrogens is 325 g/mol. The van der Waals surface area contributed by atoms with Crippen molar-refractivity contribution in [3.8, 4) is 0 Å². The minimum atomic E-state index is -0.386. The Morgan fingerprint density at radius 3 is 2.68 bits per heavy atom. The first-order chi connectivity index (χ1) is 10.5. The second-order valence-corrected chi connectivity index (χ2v) is 6.56. The van der Waals surface area contributed by atoms with Gasteiger partial charge in [0, 0.05) is 17.3 Å². The molecule has 0 saturated heterocycles. The molecular formula is C14H14FN3O2S2. The highest BCUT2D eigenvalue weighted by atomic mass is 32.2. The zero-order valence-corrected chi connectivity index (χ0v) is 13.3. The summed E-state index contributed by atoms with van der Waals surface area (Å²) in [5.74, 6) is -0.677. The van der Waals surface area contributed by atoms with E-state index >= 15 is 0 Å². The molecule has 2 amide bonds. The molecule has 0 spiro atoms. The zero-order chi connectivity index (χ0) is 15.9. The molecule has 0 aliphatic rings. The number of hydrogen-bond acceptors (Lipinski definition) is 5. The predicted molar refractivity (Wildman–Crippen MR) is 87.7 cm³/mol. The Morgan fingerprint density at radius 1 is 1.32 bits per heavy atom. The maximum atomic E-state index is 12.8. The van der Waals surface area contributed by atoms with E-state index in [4.69, 9.17) is 0 Å². The lowest BCUT2D eigenvalue weighted by Gasteiger charge is -2.10. The van der Waals surface area contributed by atoms with Crippen LogP contribution in [-0.2, 0) is 9.59 Å². The minimum Gasteiger partial charge on any atom is -0.325 e. The number of anilines is 2. The number of nitrogens with one attached hydrogen (secondary N) is 2. The van der Waals surface area contributed by atoms with Crippen LogP contribution in [0.25, 0.3) is 0 Å². The van der Waals surface area contributed by atoms with Gasteiger partial charge in [-0.1, -0.05) is 0 Å². The van der Waals surface area contributed by atoms with Gasteiger partial charge in [-0.3, -0.25) is 9.59 Å². The number of aromatic nitrogens is 1. The molecule has 2 rings (SSSR count). The van der Waals surface area contributed by atoms with Gasteiger partial charge in [0.2, 0.25) is 11.8 Å². The third kappa shape index (κ3) is 5.12. The molecule has 1 aromatic carbocycles. The number of halogens is 1. The van der Waals surface area contributed by atoms with Crippen LogP contribution in [-0.4, -0.2) is 27.8 Å². The summed E-state index contributed by atoms with van der Waals surface area (Å²) in [5, 5.41) is 7.23. The summed E-state index contributed by atoms with van der Waals surface area (Å²) in [6, 6.07) is 5.51. The van der Waals surface area contributed by atoms with E-state index in [1.165, 1.54) is 47.4 Å². The predicted octanol–water partition coefficient (Wildman–Crippen LogP) is 2.98. The second kappa shape index (κ2) is 7.90. The van der Waals surface area contributed by atoms with Gasteiger partial charge in [0.05, 0.1) is 11.0 Å². The van der Waals surface area contributed by atoms with Crippen molar-refractivity contribution in [2.45, 2.75) is 12.2 Å². The lowest BCUT2D eigenvalue weighted by molar-refractivity contribution is -0.115. The highest BCUT2D eigenvalue weighted by Gasteiger charge is 2.16. The second-order valence-electron chi connectivity index (χ2n) is 4.33. The first-order valence-corrected chi connectivity index (χ1v) is 8.35. The van der Waals surface area contributed by atoms with Crippen LogP contribution in [0.1, 0.15) is 6.92 Å². The topological polar surface area (TPSA) is 71.1 Å². The molecule has 8 heteroatoms. The average molecular weight is 339 g/mol. The smallest absolute Gasteiger partial charge is 0.239 e. The number of carbonyl (C=O) groups is 2. The number of hydrogen-bond donors (Lipinski definition) is 2. The highest BCUT2D eigenvalue weighted by molar-refractivity contribution is 8.01. The van der Waals surface area contributed by atoms with Crippen molar-refractivity contribution in [2.24, 2.45) is 0 Å². The molecule has 22 heavy (non-hydrogen) atoms. The Hall–Kier alpha value is -1.93. The summed E-state index contributed by atoms with van der Waals surface area (Å²) < 4.78 is 12.8. The van der Waals surface area contributed by atoms with E-state index in [1.54, 1.807) is 18.5 Å². The Labute approximate surface area is 135 Å². The number of nitrogens with zero attached hydrogens (tertiary/aromatic N) is 1. The summed E-state index contributed by atoms with van der Waals surface area (Å²) in [4.78, 5) is 27.6. The SMILES string of the molecule is C[C@@H](SCC(=O)Nc1ccc(F)cc1)C(=O)Nc1nccs1. The van der Waals surface area contributed by atoms with Gasteiger partial charge in [0.1, 0.15) is 5.82 Å². The highest BCUT2D eigenvalue weighted by Crippen LogP contribution is 2.16. The number of amides is 2. The first-order valence-electron chi connectivity index (χ1n) is 6.42. The number of rotatable bonds is 6. The van der Waals surface area contributed by atoms with E-state index in [1.807, 2.05) is 0 Å². The number of thioether (sulfide) groups is 1. The van der Waals surface area contributed by atoms with Gasteiger partial charge in [0.15, 0.2) is 5.13 Å². The minimum absolute atomic E-state index is 0.129. The van der Waals surface area contributed by atoms with E-state index in [-0.39, 0.29) is 28.6 Å². The molecule has 2 aromatic rings. The lowest BCUT2D eigenvalue weighted by atomic mass is 10.3. The van der Waals surface area contributed by atoms with Crippen LogP contribution < -0.4 is 10.6 Å². The van der Waals surface area contributed by atoms with Crippen LogP contribution in [0.5, 0.6) is 0 Å². The molecule has 2 N–H and O–H groups in total. The summed E-state index contributed by atoms with van der Waals surface area (Å²) >= 11 is 2.55. The van der Waals surface area contributed by atoms with Crippen molar-refractivity contribution in [1.29, 1.82) is 0 Å². The number of thiazole rings is 1. The van der Waals surface area contributed by atoms with Crippen LogP contribution in [0.2, 0.25) is 0 Å². The van der Waals surface area contributed by atoms with Crippen molar-refractivity contribution >= 4 is 45.7 Å². The monoisotopic (exact) mass is 339 g/mol. The van der Waals surface area contributed by atoms with Crippen LogP contribution in [0.4, 0.5) is 15.2 Å². The van der Waals surface area contributed by atoms with Gasteiger partial charge in [-0.25, -0.2) is 9.37 Å². The quantitative estimate of drug-likeness (QED) is 0.849. The molecule has 1 atom stereocenters. The molecule has 116 valence electrons. The van der Waals surface area contributed by atoms with Crippen molar-refractivity contribution in [1.82, 2.24) is 4.98 Å². The summed E-state index contributed by atoms with van der Waals surface area (Å²) in [7, 11) is 0. The van der Waals surface area contributed by atoms with Gasteiger partial charge < -0.3 is 10.6 Å². The fourth-order valence-electron chi connectivity index (χ4n) is 1.50. The number of benzene rings is 1. The zero-order valence-electron chi connectivity index (χ0n) is 11.7. The summed E-state index contributed by atoms with van der Waals surface area (Å²) in [6.45, 7) is 1.72. The normalized spacial score (nSPS) is 11.7. The van der Waals surface area contributed by atoms with Crippen molar-refractivity contribution < 1.29 is 14.0 Å². The van der Waals surface area contributed by atoms with Crippen molar-refractivity contribution in [3.05, 3.63) is 41.7 Å². The Morgan fingerprint density at radius 2 is 2.05 bits per heavy atom.